The Hall–Kier alpha value is -1.32. The zero-order valence-corrected chi connectivity index (χ0v) is 7.80. The number of nitrogens with zero attached hydrogens (tertiary/aromatic N) is 1. The molecule has 0 aliphatic carbocycles. The summed E-state index contributed by atoms with van der Waals surface area (Å²) in [6, 6.07) is 0. The van der Waals surface area contributed by atoms with Crippen LogP contribution in [0, 0.1) is 10.1 Å². The highest BCUT2D eigenvalue weighted by atomic mass is 19.1. The molecule has 5 N–H and O–H groups in total. The Bertz CT molecular complexity index is 200. The molecule has 0 saturated heterocycles. The number of aliphatic hydroxyl groups is 3. The molecule has 1 amide bonds. The summed E-state index contributed by atoms with van der Waals surface area (Å²) >= 11 is 0. The number of hydrogen-bond donors (Lipinski definition) is 4. The molecule has 0 saturated carbocycles. The van der Waals surface area contributed by atoms with Crippen molar-refractivity contribution in [2.45, 2.75) is 5.54 Å². The zero-order valence-electron chi connectivity index (χ0n) is 7.80. The summed E-state index contributed by atoms with van der Waals surface area (Å²) in [7, 11) is 0. The fourth-order valence-corrected chi connectivity index (χ4v) is 0.323. The molecule has 90 valence electrons. The van der Waals surface area contributed by atoms with Crippen molar-refractivity contribution in [3.05, 3.63) is 10.1 Å². The van der Waals surface area contributed by atoms with Gasteiger partial charge < -0.3 is 21.1 Å². The number of amides is 1. The van der Waals surface area contributed by atoms with Gasteiger partial charge in [0, 0.05) is 4.92 Å². The normalized spacial score (nSPS) is 10.1. The van der Waals surface area contributed by atoms with Crippen molar-refractivity contribution in [3.63, 3.8) is 0 Å². The number of alkyl halides is 1. The van der Waals surface area contributed by atoms with Gasteiger partial charge in [-0.3, -0.25) is 14.9 Å². The van der Waals surface area contributed by atoms with E-state index in [1.165, 1.54) is 0 Å². The van der Waals surface area contributed by atoms with Crippen LogP contribution >= 0.6 is 0 Å². The Morgan fingerprint density at radius 1 is 1.33 bits per heavy atom. The first-order chi connectivity index (χ1) is 6.90. The maximum absolute atomic E-state index is 10.6. The SMILES string of the molecule is NC(=O)CF.O=[N+]([O-])C(CO)(CO)CO. The van der Waals surface area contributed by atoms with Crippen molar-refractivity contribution in [1.82, 2.24) is 0 Å². The van der Waals surface area contributed by atoms with Crippen molar-refractivity contribution in [3.8, 4) is 0 Å². The fourth-order valence-electron chi connectivity index (χ4n) is 0.323. The van der Waals surface area contributed by atoms with Crippen LogP contribution in [-0.2, 0) is 4.79 Å². The van der Waals surface area contributed by atoms with Gasteiger partial charge in [0.1, 0.15) is 19.8 Å². The summed E-state index contributed by atoms with van der Waals surface area (Å²) < 4.78 is 10.6. The second-order valence-corrected chi connectivity index (χ2v) is 2.56. The smallest absolute Gasteiger partial charge is 0.289 e. The highest BCUT2D eigenvalue weighted by molar-refractivity contribution is 5.74. The molecule has 0 rings (SSSR count). The molecule has 0 unspecified atom stereocenters. The van der Waals surface area contributed by atoms with E-state index in [1.54, 1.807) is 0 Å². The molecule has 0 heterocycles. The van der Waals surface area contributed by atoms with Gasteiger partial charge in [-0.05, 0) is 0 Å². The van der Waals surface area contributed by atoms with Crippen LogP contribution in [-0.4, -0.2) is 58.2 Å². The van der Waals surface area contributed by atoms with Crippen LogP contribution in [0.3, 0.4) is 0 Å². The second kappa shape index (κ2) is 8.03. The van der Waals surface area contributed by atoms with E-state index in [4.69, 9.17) is 15.3 Å². The number of aliphatic hydroxyl groups excluding tert-OH is 3. The maximum atomic E-state index is 10.6. The minimum atomic E-state index is -1.99. The lowest BCUT2D eigenvalue weighted by atomic mass is 10.1. The first kappa shape index (κ1) is 16.1. The van der Waals surface area contributed by atoms with Gasteiger partial charge in [-0.15, -0.1) is 0 Å². The van der Waals surface area contributed by atoms with Gasteiger partial charge in [-0.25, -0.2) is 4.39 Å². The predicted octanol–water partition coefficient (Wildman–Crippen LogP) is -2.58. The van der Waals surface area contributed by atoms with Crippen LogP contribution in [0.5, 0.6) is 0 Å². The average Bonchev–Trinajstić information content (AvgIpc) is 2.21. The molecule has 0 aromatic rings. The van der Waals surface area contributed by atoms with Gasteiger partial charge in [0.25, 0.3) is 5.54 Å². The van der Waals surface area contributed by atoms with E-state index < -0.39 is 42.9 Å². The Morgan fingerprint density at radius 3 is 1.60 bits per heavy atom. The zero-order chi connectivity index (χ0) is 12.5. The topological polar surface area (TPSA) is 147 Å². The molecule has 8 nitrogen and oxygen atoms in total. The standard InChI is InChI=1S/C4H9NO5.C2H4FNO/c6-1-4(2-7,3-8)5(9)10;3-1-2(4)5/h6-8H,1-3H2;1H2,(H2,4,5). The van der Waals surface area contributed by atoms with E-state index in [0.717, 1.165) is 0 Å². The number of carbonyl (C=O) groups excluding carboxylic acids is 1. The van der Waals surface area contributed by atoms with Crippen LogP contribution in [0.15, 0.2) is 0 Å². The second-order valence-electron chi connectivity index (χ2n) is 2.56. The van der Waals surface area contributed by atoms with E-state index in [0.29, 0.717) is 0 Å². The molecule has 0 radical (unpaired) electrons. The van der Waals surface area contributed by atoms with Crippen molar-refractivity contribution >= 4 is 5.91 Å². The van der Waals surface area contributed by atoms with E-state index in [2.05, 4.69) is 5.73 Å². The van der Waals surface area contributed by atoms with Crippen molar-refractivity contribution in [1.29, 1.82) is 0 Å². The molecule has 0 aromatic carbocycles. The van der Waals surface area contributed by atoms with E-state index in [9.17, 15) is 19.3 Å². The van der Waals surface area contributed by atoms with Crippen molar-refractivity contribution in [2.24, 2.45) is 5.73 Å². The Balaban J connectivity index is 0. The predicted molar refractivity (Wildman–Crippen MR) is 46.2 cm³/mol. The summed E-state index contributed by atoms with van der Waals surface area (Å²) in [5.41, 5.74) is 2.29. The minimum Gasteiger partial charge on any atom is -0.389 e. The van der Waals surface area contributed by atoms with Gasteiger partial charge in [-0.2, -0.15) is 0 Å². The number of nitrogens with two attached hydrogens (primary N) is 1. The quantitative estimate of drug-likeness (QED) is 0.300. The summed E-state index contributed by atoms with van der Waals surface area (Å²) in [5, 5.41) is 35.2. The highest BCUT2D eigenvalue weighted by Crippen LogP contribution is 2.05. The van der Waals surface area contributed by atoms with Gasteiger partial charge in [0.15, 0.2) is 6.67 Å². The van der Waals surface area contributed by atoms with Crippen LogP contribution in [0.1, 0.15) is 0 Å². The van der Waals surface area contributed by atoms with Crippen LogP contribution in [0.25, 0.3) is 0 Å². The number of nitro groups is 1. The molecule has 0 aliphatic rings. The number of halogens is 1. The maximum Gasteiger partial charge on any atom is 0.289 e. The number of hydrogen-bond acceptors (Lipinski definition) is 6. The third-order valence-corrected chi connectivity index (χ3v) is 1.40. The van der Waals surface area contributed by atoms with Gasteiger partial charge in [-0.1, -0.05) is 0 Å². The molecule has 0 bridgehead atoms. The lowest BCUT2D eigenvalue weighted by molar-refractivity contribution is -0.580. The first-order valence-electron chi connectivity index (χ1n) is 3.71. The summed E-state index contributed by atoms with van der Waals surface area (Å²) in [6.45, 7) is -3.66. The minimum absolute atomic E-state index is 0.868. The monoisotopic (exact) mass is 228 g/mol. The van der Waals surface area contributed by atoms with Crippen molar-refractivity contribution in [2.75, 3.05) is 26.5 Å². The van der Waals surface area contributed by atoms with Crippen molar-refractivity contribution < 1.29 is 29.4 Å². The van der Waals surface area contributed by atoms with Crippen LogP contribution in [0.4, 0.5) is 4.39 Å². The molecular weight excluding hydrogens is 215 g/mol. The lowest BCUT2D eigenvalue weighted by Gasteiger charge is -2.16. The summed E-state index contributed by atoms with van der Waals surface area (Å²) in [6.07, 6.45) is 0. The van der Waals surface area contributed by atoms with E-state index in [-0.39, 0.29) is 0 Å². The summed E-state index contributed by atoms with van der Waals surface area (Å²) in [4.78, 5) is 18.4. The Labute approximate surface area is 84.3 Å². The number of carbonyl (C=O) groups is 1. The highest BCUT2D eigenvalue weighted by Gasteiger charge is 2.41. The largest absolute Gasteiger partial charge is 0.389 e. The molecule has 0 aromatic heterocycles. The third kappa shape index (κ3) is 5.88. The molecule has 15 heavy (non-hydrogen) atoms. The Kier molecular flexibility index (Phi) is 8.63. The molecular formula is C6H13FN2O6. The van der Waals surface area contributed by atoms with E-state index >= 15 is 0 Å². The van der Waals surface area contributed by atoms with Gasteiger partial charge in [0.2, 0.25) is 5.91 Å². The van der Waals surface area contributed by atoms with E-state index in [1.807, 2.05) is 0 Å². The Morgan fingerprint density at radius 2 is 1.60 bits per heavy atom. The third-order valence-electron chi connectivity index (χ3n) is 1.40. The number of primary amides is 1. The molecule has 0 spiro atoms. The van der Waals surface area contributed by atoms with Gasteiger partial charge >= 0.3 is 0 Å². The fraction of sp³-hybridized carbons (Fsp3) is 0.833. The van der Waals surface area contributed by atoms with Gasteiger partial charge in [0.05, 0.1) is 0 Å². The van der Waals surface area contributed by atoms with Crippen LogP contribution in [0.2, 0.25) is 0 Å². The molecule has 0 fully saturated rings. The molecule has 9 heteroatoms. The molecule has 0 aliphatic heterocycles. The average molecular weight is 228 g/mol. The number of rotatable bonds is 5. The first-order valence-corrected chi connectivity index (χ1v) is 3.71. The lowest BCUT2D eigenvalue weighted by Crippen LogP contribution is -2.49. The molecule has 0 atom stereocenters. The summed E-state index contributed by atoms with van der Waals surface area (Å²) in [5.74, 6) is -0.912. The van der Waals surface area contributed by atoms with Crippen LogP contribution < -0.4 is 5.73 Å².